The Morgan fingerprint density at radius 1 is 0.815 bits per heavy atom. The van der Waals surface area contributed by atoms with E-state index in [9.17, 15) is 5.26 Å². The molecule has 1 nitrogen and oxygen atoms in total. The van der Waals surface area contributed by atoms with Crippen molar-refractivity contribution in [2.24, 2.45) is 23.2 Å². The number of rotatable bonds is 11. The van der Waals surface area contributed by atoms with Gasteiger partial charge in [0.2, 0.25) is 0 Å². The van der Waals surface area contributed by atoms with Gasteiger partial charge >= 0.3 is 0 Å². The molecule has 2 fully saturated rings. The molecular formula is C26H45N. The molecule has 1 heteroatoms. The maximum atomic E-state index is 9.76. The monoisotopic (exact) mass is 371 g/mol. The lowest BCUT2D eigenvalue weighted by Crippen LogP contribution is -2.30. The van der Waals surface area contributed by atoms with Gasteiger partial charge in [-0.05, 0) is 62.7 Å². The van der Waals surface area contributed by atoms with E-state index in [4.69, 9.17) is 0 Å². The maximum absolute atomic E-state index is 9.76. The summed E-state index contributed by atoms with van der Waals surface area (Å²) in [4.78, 5) is 0. The van der Waals surface area contributed by atoms with Gasteiger partial charge in [-0.2, -0.15) is 5.26 Å². The van der Waals surface area contributed by atoms with Gasteiger partial charge in [0.05, 0.1) is 11.5 Å². The largest absolute Gasteiger partial charge is 0.197 e. The van der Waals surface area contributed by atoms with E-state index in [1.807, 2.05) is 0 Å². The molecule has 154 valence electrons. The van der Waals surface area contributed by atoms with Gasteiger partial charge in [0, 0.05) is 0 Å². The predicted molar refractivity (Wildman–Crippen MR) is 117 cm³/mol. The van der Waals surface area contributed by atoms with Crippen LogP contribution >= 0.6 is 0 Å². The van der Waals surface area contributed by atoms with Gasteiger partial charge in [-0.25, -0.2) is 0 Å². The highest BCUT2D eigenvalue weighted by Crippen LogP contribution is 2.46. The van der Waals surface area contributed by atoms with E-state index in [1.165, 1.54) is 89.9 Å². The minimum Gasteiger partial charge on any atom is -0.197 e. The molecule has 0 atom stereocenters. The van der Waals surface area contributed by atoms with Crippen LogP contribution in [0.5, 0.6) is 0 Å². The van der Waals surface area contributed by atoms with Crippen molar-refractivity contribution in [3.63, 3.8) is 0 Å². The van der Waals surface area contributed by atoms with Crippen molar-refractivity contribution in [2.45, 2.75) is 123 Å². The third-order valence-corrected chi connectivity index (χ3v) is 7.58. The molecule has 0 aliphatic heterocycles. The molecule has 2 aliphatic carbocycles. The van der Waals surface area contributed by atoms with E-state index in [1.54, 1.807) is 0 Å². The fourth-order valence-electron chi connectivity index (χ4n) is 5.56. The van der Waals surface area contributed by atoms with Crippen LogP contribution < -0.4 is 0 Å². The first kappa shape index (κ1) is 22.5. The van der Waals surface area contributed by atoms with Gasteiger partial charge in [-0.15, -0.1) is 0 Å². The van der Waals surface area contributed by atoms with E-state index >= 15 is 0 Å². The van der Waals surface area contributed by atoms with Crippen LogP contribution in [0.3, 0.4) is 0 Å². The molecular weight excluding hydrogens is 326 g/mol. The van der Waals surface area contributed by atoms with Crippen molar-refractivity contribution >= 4 is 0 Å². The van der Waals surface area contributed by atoms with E-state index in [-0.39, 0.29) is 5.41 Å². The first-order valence-corrected chi connectivity index (χ1v) is 12.3. The van der Waals surface area contributed by atoms with Crippen molar-refractivity contribution in [1.29, 1.82) is 5.26 Å². The molecule has 2 aliphatic rings. The van der Waals surface area contributed by atoms with Crippen LogP contribution in [0.4, 0.5) is 0 Å². The average Bonchev–Trinajstić information content (AvgIpc) is 2.72. The summed E-state index contributed by atoms with van der Waals surface area (Å²) in [5, 5.41) is 9.76. The number of nitriles is 1. The van der Waals surface area contributed by atoms with Crippen LogP contribution in [-0.4, -0.2) is 0 Å². The van der Waals surface area contributed by atoms with Crippen LogP contribution in [0.1, 0.15) is 123 Å². The van der Waals surface area contributed by atoms with Crippen LogP contribution in [-0.2, 0) is 0 Å². The van der Waals surface area contributed by atoms with Crippen molar-refractivity contribution < 1.29 is 0 Å². The Morgan fingerprint density at radius 2 is 1.44 bits per heavy atom. The van der Waals surface area contributed by atoms with Crippen molar-refractivity contribution in [3.8, 4) is 6.07 Å². The third-order valence-electron chi connectivity index (χ3n) is 7.58. The van der Waals surface area contributed by atoms with Crippen LogP contribution in [0, 0.1) is 34.5 Å². The topological polar surface area (TPSA) is 23.8 Å². The summed E-state index contributed by atoms with van der Waals surface area (Å²) in [6, 6.07) is 2.68. The lowest BCUT2D eigenvalue weighted by molar-refractivity contribution is 0.136. The summed E-state index contributed by atoms with van der Waals surface area (Å²) in [5.41, 5.74) is -0.139. The van der Waals surface area contributed by atoms with Crippen molar-refractivity contribution in [2.75, 3.05) is 0 Å². The highest BCUT2D eigenvalue weighted by Gasteiger charge is 2.37. The van der Waals surface area contributed by atoms with E-state index in [0.717, 1.165) is 37.0 Å². The first-order chi connectivity index (χ1) is 13.2. The van der Waals surface area contributed by atoms with Gasteiger partial charge in [-0.1, -0.05) is 90.2 Å². The second kappa shape index (κ2) is 12.6. The summed E-state index contributed by atoms with van der Waals surface area (Å²) >= 11 is 0. The van der Waals surface area contributed by atoms with Gasteiger partial charge in [0.15, 0.2) is 0 Å². The molecule has 0 radical (unpaired) electrons. The Bertz CT molecular complexity index is 441. The van der Waals surface area contributed by atoms with Gasteiger partial charge in [0.1, 0.15) is 0 Å². The number of allylic oxidation sites excluding steroid dienone is 2. The minimum atomic E-state index is -0.139. The number of nitrogens with zero attached hydrogens (tertiary/aromatic N) is 1. The second-order valence-electron chi connectivity index (χ2n) is 9.63. The molecule has 0 spiro atoms. The number of hydrogen-bond donors (Lipinski definition) is 0. The number of hydrogen-bond acceptors (Lipinski definition) is 1. The third kappa shape index (κ3) is 7.63. The van der Waals surface area contributed by atoms with E-state index in [2.05, 4.69) is 32.1 Å². The fraction of sp³-hybridized carbons (Fsp3) is 0.885. The highest BCUT2D eigenvalue weighted by atomic mass is 14.4. The normalized spacial score (nSPS) is 31.8. The Kier molecular flexibility index (Phi) is 10.5. The van der Waals surface area contributed by atoms with E-state index in [0.29, 0.717) is 0 Å². The van der Waals surface area contributed by atoms with Crippen LogP contribution in [0.2, 0.25) is 0 Å². The number of unbranched alkanes of at least 4 members (excludes halogenated alkanes) is 6. The molecule has 0 aromatic rings. The standard InChI is InChI=1S/C26H45N/c1-3-5-7-9-10-12-23-13-15-24(16-14-23)25-17-20-26(22-27,21-18-25)19-11-8-6-4-2/h11,19,23-25H,3-10,12-18,20-21H2,1-2H3. The molecule has 2 saturated carbocycles. The molecule has 0 bridgehead atoms. The second-order valence-corrected chi connectivity index (χ2v) is 9.63. The molecule has 0 heterocycles. The molecule has 0 aromatic carbocycles. The Balaban J connectivity index is 1.66. The predicted octanol–water partition coefficient (Wildman–Crippen LogP) is 8.60. The summed E-state index contributed by atoms with van der Waals surface area (Å²) in [6.07, 6.45) is 27.5. The summed E-state index contributed by atoms with van der Waals surface area (Å²) in [5.74, 6) is 2.88. The molecule has 27 heavy (non-hydrogen) atoms. The molecule has 0 N–H and O–H groups in total. The fourth-order valence-corrected chi connectivity index (χ4v) is 5.56. The molecule has 0 unspecified atom stereocenters. The quantitative estimate of drug-likeness (QED) is 0.263. The average molecular weight is 372 g/mol. The van der Waals surface area contributed by atoms with E-state index < -0.39 is 0 Å². The van der Waals surface area contributed by atoms with Gasteiger partial charge in [0.25, 0.3) is 0 Å². The van der Waals surface area contributed by atoms with Crippen LogP contribution in [0.25, 0.3) is 0 Å². The lowest BCUT2D eigenvalue weighted by Gasteiger charge is -2.39. The Hall–Kier alpha value is -0.770. The SMILES string of the molecule is CCCCC=CC1(C#N)CCC(C2CCC(CCCCCCC)CC2)CC1. The molecule has 0 saturated heterocycles. The molecule has 2 rings (SSSR count). The zero-order valence-corrected chi connectivity index (χ0v) is 18.4. The van der Waals surface area contributed by atoms with Gasteiger partial charge in [-0.3, -0.25) is 0 Å². The smallest absolute Gasteiger partial charge is 0.0753 e. The molecule has 0 aromatic heterocycles. The zero-order valence-electron chi connectivity index (χ0n) is 18.4. The Labute approximate surface area is 170 Å². The Morgan fingerprint density at radius 3 is 2.07 bits per heavy atom. The maximum Gasteiger partial charge on any atom is 0.0753 e. The minimum absolute atomic E-state index is 0.139. The van der Waals surface area contributed by atoms with Crippen molar-refractivity contribution in [3.05, 3.63) is 12.2 Å². The lowest BCUT2D eigenvalue weighted by atomic mass is 9.64. The summed E-state index contributed by atoms with van der Waals surface area (Å²) < 4.78 is 0. The first-order valence-electron chi connectivity index (χ1n) is 12.3. The zero-order chi connectivity index (χ0) is 19.4. The summed E-state index contributed by atoms with van der Waals surface area (Å²) in [6.45, 7) is 4.54. The van der Waals surface area contributed by atoms with Gasteiger partial charge < -0.3 is 0 Å². The highest BCUT2D eigenvalue weighted by molar-refractivity contribution is 5.14. The van der Waals surface area contributed by atoms with Crippen molar-refractivity contribution in [1.82, 2.24) is 0 Å². The summed E-state index contributed by atoms with van der Waals surface area (Å²) in [7, 11) is 0. The molecule has 0 amide bonds. The van der Waals surface area contributed by atoms with Crippen LogP contribution in [0.15, 0.2) is 12.2 Å².